The minimum Gasteiger partial charge on any atom is -0.507 e. The molecule has 1 aromatic carbocycles. The summed E-state index contributed by atoms with van der Waals surface area (Å²) in [5.74, 6) is 1.52. The van der Waals surface area contributed by atoms with Gasteiger partial charge in [-0.05, 0) is 30.6 Å². The number of hydrogen-bond donors (Lipinski definition) is 1. The average Bonchev–Trinajstić information content (AvgIpc) is 2.75. The Balaban J connectivity index is 2.10. The van der Waals surface area contributed by atoms with Gasteiger partial charge in [-0.25, -0.2) is 0 Å². The van der Waals surface area contributed by atoms with Crippen molar-refractivity contribution in [2.24, 2.45) is 5.92 Å². The summed E-state index contributed by atoms with van der Waals surface area (Å²) in [4.78, 5) is 0. The zero-order valence-corrected chi connectivity index (χ0v) is 10.6. The maximum Gasteiger partial charge on any atom is 0.159 e. The van der Waals surface area contributed by atoms with E-state index < -0.39 is 0 Å². The third-order valence-electron chi connectivity index (χ3n) is 2.56. The molecule has 0 amide bonds. The monoisotopic (exact) mass is 243 g/mol. The quantitative estimate of drug-likeness (QED) is 0.889. The van der Waals surface area contributed by atoms with Gasteiger partial charge >= 0.3 is 0 Å². The summed E-state index contributed by atoms with van der Waals surface area (Å²) in [6.45, 7) is 4.29. The Labute approximate surface area is 107 Å². The Bertz CT molecular complexity index is 541. The molecule has 3 heteroatoms. The predicted molar refractivity (Wildman–Crippen MR) is 72.1 cm³/mol. The number of aromatic nitrogens is 1. The SMILES string of the molecule is CC(C)Cc1cc(C=Cc2ccccc2O)on1. The van der Waals surface area contributed by atoms with Crippen LogP contribution < -0.4 is 0 Å². The van der Waals surface area contributed by atoms with E-state index in [1.165, 1.54) is 0 Å². The van der Waals surface area contributed by atoms with Gasteiger partial charge in [-0.2, -0.15) is 0 Å². The highest BCUT2D eigenvalue weighted by atomic mass is 16.5. The number of aromatic hydroxyl groups is 1. The molecule has 0 saturated carbocycles. The van der Waals surface area contributed by atoms with Crippen molar-refractivity contribution < 1.29 is 9.63 Å². The van der Waals surface area contributed by atoms with Gasteiger partial charge in [-0.1, -0.05) is 37.2 Å². The van der Waals surface area contributed by atoms with Gasteiger partial charge in [0, 0.05) is 11.6 Å². The van der Waals surface area contributed by atoms with Crippen LogP contribution in [0, 0.1) is 5.92 Å². The number of phenolic OH excluding ortho intramolecular Hbond substituents is 1. The summed E-state index contributed by atoms with van der Waals surface area (Å²) in [5, 5.41) is 13.6. The zero-order valence-electron chi connectivity index (χ0n) is 10.6. The summed E-state index contributed by atoms with van der Waals surface area (Å²) in [6.07, 6.45) is 4.54. The van der Waals surface area contributed by atoms with E-state index in [0.29, 0.717) is 11.7 Å². The smallest absolute Gasteiger partial charge is 0.159 e. The molecule has 1 heterocycles. The molecule has 0 spiro atoms. The fourth-order valence-electron chi connectivity index (χ4n) is 1.72. The number of benzene rings is 1. The van der Waals surface area contributed by atoms with Crippen molar-refractivity contribution >= 4 is 12.2 Å². The standard InChI is InChI=1S/C15H17NO2/c1-11(2)9-13-10-14(18-16-13)8-7-12-5-3-4-6-15(12)17/h3-8,10-11,17H,9H2,1-2H3. The number of rotatable bonds is 4. The van der Waals surface area contributed by atoms with Crippen LogP contribution in [-0.4, -0.2) is 10.3 Å². The van der Waals surface area contributed by atoms with E-state index in [4.69, 9.17) is 4.52 Å². The largest absolute Gasteiger partial charge is 0.507 e. The van der Waals surface area contributed by atoms with Gasteiger partial charge in [-0.3, -0.25) is 0 Å². The molecule has 0 bridgehead atoms. The van der Waals surface area contributed by atoms with Gasteiger partial charge in [0.1, 0.15) is 5.75 Å². The van der Waals surface area contributed by atoms with Crippen LogP contribution in [0.3, 0.4) is 0 Å². The molecule has 1 aromatic heterocycles. The third-order valence-corrected chi connectivity index (χ3v) is 2.56. The molecule has 3 nitrogen and oxygen atoms in total. The van der Waals surface area contributed by atoms with Crippen LogP contribution in [0.4, 0.5) is 0 Å². The Morgan fingerprint density at radius 3 is 2.78 bits per heavy atom. The van der Waals surface area contributed by atoms with E-state index in [-0.39, 0.29) is 5.75 Å². The van der Waals surface area contributed by atoms with Crippen molar-refractivity contribution in [1.82, 2.24) is 5.16 Å². The number of nitrogens with zero attached hydrogens (tertiary/aromatic N) is 1. The molecule has 2 aromatic rings. The molecule has 18 heavy (non-hydrogen) atoms. The molecule has 1 N–H and O–H groups in total. The first-order valence-corrected chi connectivity index (χ1v) is 6.07. The van der Waals surface area contributed by atoms with Gasteiger partial charge in [0.2, 0.25) is 0 Å². The minimum absolute atomic E-state index is 0.260. The molecule has 0 aliphatic rings. The van der Waals surface area contributed by atoms with E-state index in [1.807, 2.05) is 30.4 Å². The molecule has 0 fully saturated rings. The highest BCUT2D eigenvalue weighted by Gasteiger charge is 2.04. The number of para-hydroxylation sites is 1. The molecule has 0 aliphatic carbocycles. The van der Waals surface area contributed by atoms with Gasteiger partial charge in [0.25, 0.3) is 0 Å². The molecule has 0 atom stereocenters. The molecular formula is C15H17NO2. The van der Waals surface area contributed by atoms with Crippen molar-refractivity contribution in [3.8, 4) is 5.75 Å². The Morgan fingerprint density at radius 1 is 1.28 bits per heavy atom. The first kappa shape index (κ1) is 12.4. The normalized spacial score (nSPS) is 11.5. The first-order valence-electron chi connectivity index (χ1n) is 6.07. The molecule has 0 aliphatic heterocycles. The highest BCUT2D eigenvalue weighted by molar-refractivity contribution is 5.70. The second-order valence-corrected chi connectivity index (χ2v) is 4.71. The van der Waals surface area contributed by atoms with Crippen molar-refractivity contribution in [3.63, 3.8) is 0 Å². The first-order chi connectivity index (χ1) is 8.65. The van der Waals surface area contributed by atoms with Crippen molar-refractivity contribution in [2.75, 3.05) is 0 Å². The van der Waals surface area contributed by atoms with Crippen LogP contribution in [0.15, 0.2) is 34.9 Å². The Kier molecular flexibility index (Phi) is 3.82. The van der Waals surface area contributed by atoms with Crippen LogP contribution in [0.2, 0.25) is 0 Å². The lowest BCUT2D eigenvalue weighted by Gasteiger charge is -1.97. The summed E-state index contributed by atoms with van der Waals surface area (Å²) < 4.78 is 5.21. The summed E-state index contributed by atoms with van der Waals surface area (Å²) in [7, 11) is 0. The van der Waals surface area contributed by atoms with Gasteiger partial charge in [0.05, 0.1) is 5.69 Å². The lowest BCUT2D eigenvalue weighted by atomic mass is 10.1. The molecule has 2 rings (SSSR count). The van der Waals surface area contributed by atoms with Crippen LogP contribution in [0.25, 0.3) is 12.2 Å². The summed E-state index contributed by atoms with van der Waals surface area (Å²) >= 11 is 0. The number of phenols is 1. The van der Waals surface area contributed by atoms with Gasteiger partial charge in [-0.15, -0.1) is 0 Å². The van der Waals surface area contributed by atoms with Crippen LogP contribution in [-0.2, 0) is 6.42 Å². The minimum atomic E-state index is 0.260. The average molecular weight is 243 g/mol. The Morgan fingerprint density at radius 2 is 2.06 bits per heavy atom. The van der Waals surface area contributed by atoms with E-state index >= 15 is 0 Å². The molecular weight excluding hydrogens is 226 g/mol. The third kappa shape index (κ3) is 3.23. The van der Waals surface area contributed by atoms with Gasteiger partial charge < -0.3 is 9.63 Å². The summed E-state index contributed by atoms with van der Waals surface area (Å²) in [5.41, 5.74) is 1.72. The van der Waals surface area contributed by atoms with Crippen molar-refractivity contribution in [1.29, 1.82) is 0 Å². The fourth-order valence-corrected chi connectivity index (χ4v) is 1.72. The molecule has 0 saturated heterocycles. The number of hydrogen-bond acceptors (Lipinski definition) is 3. The lowest BCUT2D eigenvalue weighted by molar-refractivity contribution is 0.401. The topological polar surface area (TPSA) is 46.3 Å². The van der Waals surface area contributed by atoms with Crippen LogP contribution in [0.5, 0.6) is 5.75 Å². The van der Waals surface area contributed by atoms with Crippen LogP contribution >= 0.6 is 0 Å². The second-order valence-electron chi connectivity index (χ2n) is 4.71. The maximum atomic E-state index is 9.62. The zero-order chi connectivity index (χ0) is 13.0. The van der Waals surface area contributed by atoms with E-state index in [2.05, 4.69) is 19.0 Å². The maximum absolute atomic E-state index is 9.62. The summed E-state index contributed by atoms with van der Waals surface area (Å²) in [6, 6.07) is 9.10. The molecule has 94 valence electrons. The second kappa shape index (κ2) is 5.54. The van der Waals surface area contributed by atoms with Crippen molar-refractivity contribution in [3.05, 3.63) is 47.3 Å². The van der Waals surface area contributed by atoms with Crippen molar-refractivity contribution in [2.45, 2.75) is 20.3 Å². The molecule has 0 radical (unpaired) electrons. The fraction of sp³-hybridized carbons (Fsp3) is 0.267. The predicted octanol–water partition coefficient (Wildman–Crippen LogP) is 3.75. The van der Waals surface area contributed by atoms with E-state index in [9.17, 15) is 5.11 Å². The van der Waals surface area contributed by atoms with E-state index in [0.717, 1.165) is 17.7 Å². The lowest BCUT2D eigenvalue weighted by Crippen LogP contribution is -1.92. The van der Waals surface area contributed by atoms with E-state index in [1.54, 1.807) is 12.1 Å². The van der Waals surface area contributed by atoms with Gasteiger partial charge in [0.15, 0.2) is 5.76 Å². The molecule has 0 unspecified atom stereocenters. The Hall–Kier alpha value is -2.03. The van der Waals surface area contributed by atoms with Crippen LogP contribution in [0.1, 0.15) is 30.9 Å². The highest BCUT2D eigenvalue weighted by Crippen LogP contribution is 2.19.